The largest absolute Gasteiger partial charge is 0.478 e. The molecule has 0 radical (unpaired) electrons. The lowest BCUT2D eigenvalue weighted by Gasteiger charge is -2.09. The van der Waals surface area contributed by atoms with E-state index in [1.165, 1.54) is 18.2 Å². The molecule has 0 bridgehead atoms. The topological polar surface area (TPSA) is 110 Å². The van der Waals surface area contributed by atoms with Gasteiger partial charge in [-0.15, -0.1) is 0 Å². The minimum atomic E-state index is -3.85. The van der Waals surface area contributed by atoms with E-state index in [-0.39, 0.29) is 23.4 Å². The van der Waals surface area contributed by atoms with Crippen molar-refractivity contribution < 1.29 is 22.7 Å². The van der Waals surface area contributed by atoms with Gasteiger partial charge in [0.05, 0.1) is 10.5 Å². The first-order valence-electron chi connectivity index (χ1n) is 8.21. The van der Waals surface area contributed by atoms with E-state index in [9.17, 15) is 18.3 Å². The Balaban J connectivity index is 1.72. The number of halogens is 1. The van der Waals surface area contributed by atoms with Crippen molar-refractivity contribution in [2.45, 2.75) is 24.7 Å². The molecule has 1 aromatic heterocycles. The van der Waals surface area contributed by atoms with Gasteiger partial charge >= 0.3 is 5.97 Å². The first-order valence-corrected chi connectivity index (χ1v) is 10.1. The summed E-state index contributed by atoms with van der Waals surface area (Å²) in [4.78, 5) is 15.5. The van der Waals surface area contributed by atoms with E-state index in [0.29, 0.717) is 34.0 Å². The number of nitrogens with one attached hydrogen (secondary N) is 1. The summed E-state index contributed by atoms with van der Waals surface area (Å²) in [7, 11) is -3.85. The minimum absolute atomic E-state index is 0.0174. The highest BCUT2D eigenvalue weighted by atomic mass is 35.5. The number of hydrogen-bond donors (Lipinski definition) is 2. The molecule has 0 aliphatic rings. The fraction of sp³-hybridized carbons (Fsp3) is 0.222. The maximum Gasteiger partial charge on any atom is 0.336 e. The molecule has 1 heterocycles. The number of carbonyl (C=O) groups is 1. The summed E-state index contributed by atoms with van der Waals surface area (Å²) in [6.07, 6.45) is 0.738. The predicted molar refractivity (Wildman–Crippen MR) is 101 cm³/mol. The lowest BCUT2D eigenvalue weighted by molar-refractivity contribution is 0.0695. The molecule has 9 heteroatoms. The summed E-state index contributed by atoms with van der Waals surface area (Å²) in [5.74, 6) is -0.781. The number of carboxylic acids is 1. The average molecular weight is 409 g/mol. The maximum atomic E-state index is 12.4. The Morgan fingerprint density at radius 2 is 2.04 bits per heavy atom. The molecular formula is C18H17ClN2O5S. The van der Waals surface area contributed by atoms with Gasteiger partial charge in [0.1, 0.15) is 5.52 Å². The van der Waals surface area contributed by atoms with E-state index >= 15 is 0 Å². The first kappa shape index (κ1) is 19.3. The third-order valence-corrected chi connectivity index (χ3v) is 5.72. The fourth-order valence-electron chi connectivity index (χ4n) is 2.66. The lowest BCUT2D eigenvalue weighted by Crippen LogP contribution is -2.26. The summed E-state index contributed by atoms with van der Waals surface area (Å²) in [5.41, 5.74) is 1.72. The molecule has 142 valence electrons. The molecule has 0 saturated carbocycles. The normalized spacial score (nSPS) is 11.8. The number of benzene rings is 2. The Kier molecular flexibility index (Phi) is 5.50. The van der Waals surface area contributed by atoms with Crippen molar-refractivity contribution >= 4 is 38.7 Å². The van der Waals surface area contributed by atoms with Gasteiger partial charge in [0, 0.05) is 18.0 Å². The van der Waals surface area contributed by atoms with Crippen LogP contribution in [0.2, 0.25) is 5.02 Å². The Morgan fingerprint density at radius 3 is 2.74 bits per heavy atom. The highest BCUT2D eigenvalue weighted by molar-refractivity contribution is 7.89. The highest BCUT2D eigenvalue weighted by Gasteiger charge is 2.18. The van der Waals surface area contributed by atoms with E-state index in [4.69, 9.17) is 16.0 Å². The molecule has 0 aliphatic heterocycles. The SMILES string of the molecule is CCc1ccc(S(=O)(=O)NCCc2nc3cc(Cl)ccc3o2)cc1C(=O)O. The molecule has 27 heavy (non-hydrogen) atoms. The number of aromatic nitrogens is 1. The zero-order chi connectivity index (χ0) is 19.6. The zero-order valence-electron chi connectivity index (χ0n) is 14.4. The standard InChI is InChI=1S/C18H17ClN2O5S/c1-2-11-3-5-13(10-14(11)18(22)23)27(24,25)20-8-7-17-21-15-9-12(19)4-6-16(15)26-17/h3-6,9-10,20H,2,7-8H2,1H3,(H,22,23). The van der Waals surface area contributed by atoms with Crippen molar-refractivity contribution in [3.63, 3.8) is 0 Å². The highest BCUT2D eigenvalue weighted by Crippen LogP contribution is 2.20. The summed E-state index contributed by atoms with van der Waals surface area (Å²) >= 11 is 5.90. The van der Waals surface area contributed by atoms with Crippen molar-refractivity contribution in [2.24, 2.45) is 0 Å². The van der Waals surface area contributed by atoms with Gasteiger partial charge in [0.25, 0.3) is 0 Å². The van der Waals surface area contributed by atoms with Gasteiger partial charge in [-0.05, 0) is 42.3 Å². The number of rotatable bonds is 7. The third kappa shape index (κ3) is 4.29. The molecule has 7 nitrogen and oxygen atoms in total. The van der Waals surface area contributed by atoms with Crippen LogP contribution in [0.3, 0.4) is 0 Å². The zero-order valence-corrected chi connectivity index (χ0v) is 16.0. The first-order chi connectivity index (χ1) is 12.8. The number of nitrogens with zero attached hydrogens (tertiary/aromatic N) is 1. The Bertz CT molecular complexity index is 1110. The summed E-state index contributed by atoms with van der Waals surface area (Å²) < 4.78 is 32.9. The molecule has 3 rings (SSSR count). The molecule has 3 aromatic rings. The van der Waals surface area contributed by atoms with Crippen LogP contribution in [-0.2, 0) is 22.9 Å². The molecule has 0 amide bonds. The summed E-state index contributed by atoms with van der Waals surface area (Å²) in [6, 6.07) is 9.13. The van der Waals surface area contributed by atoms with Gasteiger partial charge in [-0.3, -0.25) is 0 Å². The minimum Gasteiger partial charge on any atom is -0.478 e. The molecule has 0 fully saturated rings. The number of hydrogen-bond acceptors (Lipinski definition) is 5. The second-order valence-corrected chi connectivity index (χ2v) is 8.05. The molecule has 2 aromatic carbocycles. The van der Waals surface area contributed by atoms with E-state index in [2.05, 4.69) is 9.71 Å². The monoisotopic (exact) mass is 408 g/mol. The molecule has 0 atom stereocenters. The molecule has 0 aliphatic carbocycles. The lowest BCUT2D eigenvalue weighted by atomic mass is 10.1. The second-order valence-electron chi connectivity index (χ2n) is 5.85. The van der Waals surface area contributed by atoms with Gasteiger partial charge in [-0.2, -0.15) is 0 Å². The van der Waals surface area contributed by atoms with E-state index in [1.54, 1.807) is 18.2 Å². The summed E-state index contributed by atoms with van der Waals surface area (Å²) in [5, 5.41) is 9.79. The van der Waals surface area contributed by atoms with Crippen molar-refractivity contribution in [3.8, 4) is 0 Å². The van der Waals surface area contributed by atoms with Gasteiger partial charge in [0.15, 0.2) is 11.5 Å². The number of carboxylic acid groups (broad SMARTS) is 1. The van der Waals surface area contributed by atoms with Crippen molar-refractivity contribution in [1.82, 2.24) is 9.71 Å². The van der Waals surface area contributed by atoms with Gasteiger partial charge in [-0.25, -0.2) is 22.9 Å². The number of aryl methyl sites for hydroxylation is 1. The van der Waals surface area contributed by atoms with Crippen LogP contribution >= 0.6 is 11.6 Å². The average Bonchev–Trinajstić information content (AvgIpc) is 3.02. The van der Waals surface area contributed by atoms with Gasteiger partial charge in [0.2, 0.25) is 10.0 Å². The number of oxazole rings is 1. The van der Waals surface area contributed by atoms with Crippen LogP contribution in [0.4, 0.5) is 0 Å². The van der Waals surface area contributed by atoms with Crippen LogP contribution < -0.4 is 4.72 Å². The van der Waals surface area contributed by atoms with E-state index in [0.717, 1.165) is 0 Å². The van der Waals surface area contributed by atoms with Crippen LogP contribution in [0.5, 0.6) is 0 Å². The van der Waals surface area contributed by atoms with Crippen LogP contribution in [0.15, 0.2) is 45.7 Å². The van der Waals surface area contributed by atoms with Crippen molar-refractivity contribution in [2.75, 3.05) is 6.54 Å². The fourth-order valence-corrected chi connectivity index (χ4v) is 3.89. The molecular weight excluding hydrogens is 392 g/mol. The number of aromatic carboxylic acids is 1. The molecule has 0 saturated heterocycles. The molecule has 2 N–H and O–H groups in total. The number of fused-ring (bicyclic) bond motifs is 1. The Hall–Kier alpha value is -2.42. The van der Waals surface area contributed by atoms with Gasteiger partial charge < -0.3 is 9.52 Å². The number of sulfonamides is 1. The van der Waals surface area contributed by atoms with E-state index < -0.39 is 16.0 Å². The Labute approximate surface area is 161 Å². The van der Waals surface area contributed by atoms with Crippen LogP contribution in [0.1, 0.15) is 28.7 Å². The van der Waals surface area contributed by atoms with Crippen LogP contribution in [-0.4, -0.2) is 31.0 Å². The Morgan fingerprint density at radius 1 is 1.26 bits per heavy atom. The van der Waals surface area contributed by atoms with Gasteiger partial charge in [-0.1, -0.05) is 24.6 Å². The van der Waals surface area contributed by atoms with Crippen LogP contribution in [0.25, 0.3) is 11.1 Å². The molecule has 0 unspecified atom stereocenters. The van der Waals surface area contributed by atoms with Crippen molar-refractivity contribution in [3.05, 3.63) is 58.4 Å². The summed E-state index contributed by atoms with van der Waals surface area (Å²) in [6.45, 7) is 1.86. The molecule has 0 spiro atoms. The quantitative estimate of drug-likeness (QED) is 0.621. The second kappa shape index (κ2) is 7.67. The maximum absolute atomic E-state index is 12.4. The van der Waals surface area contributed by atoms with Crippen LogP contribution in [0, 0.1) is 0 Å². The van der Waals surface area contributed by atoms with Crippen molar-refractivity contribution in [1.29, 1.82) is 0 Å². The third-order valence-electron chi connectivity index (χ3n) is 4.03. The predicted octanol–water partition coefficient (Wildman–Crippen LogP) is 3.26. The smallest absolute Gasteiger partial charge is 0.336 e. The van der Waals surface area contributed by atoms with E-state index in [1.807, 2.05) is 6.92 Å².